The number of hydrogen-bond acceptors (Lipinski definition) is 17. The molecule has 0 aliphatic heterocycles. The first-order valence-electron chi connectivity index (χ1n) is 19.2. The number of nitrogens with zero attached hydrogens (tertiary/aromatic N) is 1. The van der Waals surface area contributed by atoms with E-state index in [0.717, 1.165) is 11.1 Å². The van der Waals surface area contributed by atoms with E-state index >= 15 is 0 Å². The second-order valence-electron chi connectivity index (χ2n) is 11.6. The van der Waals surface area contributed by atoms with Crippen LogP contribution in [0.5, 0.6) is 5.75 Å². The van der Waals surface area contributed by atoms with Crippen LogP contribution in [-0.2, 0) is 68.2 Å². The number of nitro benzene ring substituents is 1. The van der Waals surface area contributed by atoms with Crippen LogP contribution in [0.15, 0.2) is 48.5 Å². The summed E-state index contributed by atoms with van der Waals surface area (Å²) in [5, 5.41) is 10.6. The lowest BCUT2D eigenvalue weighted by Gasteiger charge is -2.09. The lowest BCUT2D eigenvalue weighted by Crippen LogP contribution is -2.16. The SMILES string of the molecule is C#Cc1cccc(COCCOCCOCCOCCOCCOCCOCCOCCOCCOCCOCCOCCOC(=O)Oc2ccc([N+](=O)[O-])cc2)c1. The molecule has 0 atom stereocenters. The lowest BCUT2D eigenvalue weighted by molar-refractivity contribution is -0.384. The van der Waals surface area contributed by atoms with E-state index < -0.39 is 11.1 Å². The van der Waals surface area contributed by atoms with E-state index in [-0.39, 0.29) is 24.7 Å². The summed E-state index contributed by atoms with van der Waals surface area (Å²) in [6, 6.07) is 12.8. The minimum absolute atomic E-state index is 0.0122. The van der Waals surface area contributed by atoms with E-state index in [1.165, 1.54) is 24.3 Å². The predicted octanol–water partition coefficient (Wildman–Crippen LogP) is 3.49. The zero-order chi connectivity index (χ0) is 41.4. The van der Waals surface area contributed by atoms with Crippen molar-refractivity contribution < 1.29 is 76.0 Å². The highest BCUT2D eigenvalue weighted by atomic mass is 16.7. The third kappa shape index (κ3) is 30.3. The molecule has 18 nitrogen and oxygen atoms in total. The maximum Gasteiger partial charge on any atom is 0.513 e. The molecule has 0 unspecified atom stereocenters. The summed E-state index contributed by atoms with van der Waals surface area (Å²) in [5.74, 6) is 2.75. The van der Waals surface area contributed by atoms with Crippen molar-refractivity contribution >= 4 is 11.8 Å². The number of benzene rings is 2. The minimum Gasteiger partial charge on any atom is -0.432 e. The second kappa shape index (κ2) is 37.5. The molecule has 0 fully saturated rings. The monoisotopic (exact) mass is 825 g/mol. The molecule has 0 N–H and O–H groups in total. The number of non-ortho nitro benzene ring substituents is 1. The highest BCUT2D eigenvalue weighted by Crippen LogP contribution is 2.17. The van der Waals surface area contributed by atoms with Crippen molar-refractivity contribution in [3.8, 4) is 18.1 Å². The summed E-state index contributed by atoms with van der Waals surface area (Å²) < 4.78 is 75.5. The van der Waals surface area contributed by atoms with Crippen LogP contribution in [0.1, 0.15) is 11.1 Å². The van der Waals surface area contributed by atoms with Gasteiger partial charge in [0, 0.05) is 17.7 Å². The molecule has 0 aliphatic carbocycles. The van der Waals surface area contributed by atoms with Crippen molar-refractivity contribution in [2.75, 3.05) is 159 Å². The van der Waals surface area contributed by atoms with E-state index in [2.05, 4.69) is 5.92 Å². The first kappa shape index (κ1) is 50.3. The fraction of sp³-hybridized carbons (Fsp3) is 0.625. The van der Waals surface area contributed by atoms with Crippen LogP contribution in [-0.4, -0.2) is 170 Å². The van der Waals surface area contributed by atoms with Gasteiger partial charge in [0.05, 0.1) is 163 Å². The summed E-state index contributed by atoms with van der Waals surface area (Å²) in [4.78, 5) is 21.7. The Hall–Kier alpha value is -3.81. The number of hydrogen-bond donors (Lipinski definition) is 0. The molecule has 0 aliphatic rings. The van der Waals surface area contributed by atoms with Gasteiger partial charge in [0.25, 0.3) is 5.69 Å². The smallest absolute Gasteiger partial charge is 0.432 e. The molecule has 0 spiro atoms. The fourth-order valence-corrected chi connectivity index (χ4v) is 4.31. The van der Waals surface area contributed by atoms with Gasteiger partial charge in [-0.05, 0) is 29.8 Å². The third-order valence-corrected chi connectivity index (χ3v) is 7.15. The van der Waals surface area contributed by atoms with Crippen molar-refractivity contribution in [3.63, 3.8) is 0 Å². The number of nitro groups is 1. The Balaban J connectivity index is 1.16. The van der Waals surface area contributed by atoms with Crippen LogP contribution < -0.4 is 4.74 Å². The van der Waals surface area contributed by atoms with Gasteiger partial charge in [-0.2, -0.15) is 0 Å². The minimum atomic E-state index is -0.930. The van der Waals surface area contributed by atoms with Crippen molar-refractivity contribution in [1.82, 2.24) is 0 Å². The van der Waals surface area contributed by atoms with Crippen LogP contribution in [0.2, 0.25) is 0 Å². The van der Waals surface area contributed by atoms with Crippen molar-refractivity contribution in [2.24, 2.45) is 0 Å². The summed E-state index contributed by atoms with van der Waals surface area (Å²) in [7, 11) is 0. The topological polar surface area (TPSA) is 189 Å². The third-order valence-electron chi connectivity index (χ3n) is 7.15. The van der Waals surface area contributed by atoms with Crippen LogP contribution in [0.3, 0.4) is 0 Å². The van der Waals surface area contributed by atoms with Gasteiger partial charge in [0.1, 0.15) is 12.4 Å². The summed E-state index contributed by atoms with van der Waals surface area (Å²) >= 11 is 0. The average Bonchev–Trinajstić information content (AvgIpc) is 3.23. The van der Waals surface area contributed by atoms with Gasteiger partial charge < -0.3 is 66.3 Å². The molecule has 0 amide bonds. The average molecular weight is 826 g/mol. The normalized spacial score (nSPS) is 11.1. The molecule has 0 bridgehead atoms. The van der Waals surface area contributed by atoms with Gasteiger partial charge >= 0.3 is 6.16 Å². The molecule has 2 aromatic rings. The first-order valence-corrected chi connectivity index (χ1v) is 19.2. The largest absolute Gasteiger partial charge is 0.513 e. The number of carbonyl (C=O) groups excluding carboxylic acids is 1. The number of ether oxygens (including phenoxy) is 14. The van der Waals surface area contributed by atoms with Crippen molar-refractivity contribution in [3.05, 3.63) is 69.8 Å². The molecule has 58 heavy (non-hydrogen) atoms. The standard InChI is InChI=1S/C40H59NO17/c1-2-36-4-3-5-37(34-36)35-56-31-30-54-27-26-52-23-22-50-19-18-48-15-14-46-11-10-45-12-13-47-16-17-49-20-21-51-24-25-53-28-29-55-32-33-57-40(42)58-39-8-6-38(7-9-39)41(43)44/h1,3-9,34H,10-33,35H2. The Morgan fingerprint density at radius 3 is 1.19 bits per heavy atom. The predicted molar refractivity (Wildman–Crippen MR) is 208 cm³/mol. The molecular weight excluding hydrogens is 766 g/mol. The van der Waals surface area contributed by atoms with Crippen LogP contribution >= 0.6 is 0 Å². The molecular formula is C40H59NO17. The quantitative estimate of drug-likeness (QED) is 0.0237. The first-order chi connectivity index (χ1) is 28.6. The zero-order valence-electron chi connectivity index (χ0n) is 33.3. The summed E-state index contributed by atoms with van der Waals surface area (Å²) in [5.41, 5.74) is 1.78. The van der Waals surface area contributed by atoms with Gasteiger partial charge in [-0.15, -0.1) is 6.42 Å². The Morgan fingerprint density at radius 2 is 0.845 bits per heavy atom. The van der Waals surface area contributed by atoms with E-state index in [9.17, 15) is 14.9 Å². The summed E-state index contributed by atoms with van der Waals surface area (Å²) in [6.07, 6.45) is 4.48. The lowest BCUT2D eigenvalue weighted by atomic mass is 10.1. The van der Waals surface area contributed by atoms with E-state index in [4.69, 9.17) is 72.7 Å². The Kier molecular flexibility index (Phi) is 32.5. The maximum atomic E-state index is 11.6. The van der Waals surface area contributed by atoms with Crippen LogP contribution in [0.25, 0.3) is 0 Å². The number of terminal acetylenes is 1. The van der Waals surface area contributed by atoms with E-state index in [0.29, 0.717) is 152 Å². The second-order valence-corrected chi connectivity index (χ2v) is 11.6. The van der Waals surface area contributed by atoms with Crippen molar-refractivity contribution in [2.45, 2.75) is 6.61 Å². The van der Waals surface area contributed by atoms with Crippen LogP contribution in [0, 0.1) is 22.5 Å². The van der Waals surface area contributed by atoms with Crippen LogP contribution in [0.4, 0.5) is 10.5 Å². The van der Waals surface area contributed by atoms with Gasteiger partial charge in [-0.3, -0.25) is 10.1 Å². The van der Waals surface area contributed by atoms with E-state index in [1.54, 1.807) is 0 Å². The Morgan fingerprint density at radius 1 is 0.500 bits per heavy atom. The van der Waals surface area contributed by atoms with Gasteiger partial charge in [0.2, 0.25) is 0 Å². The highest BCUT2D eigenvalue weighted by molar-refractivity contribution is 5.63. The number of rotatable bonds is 40. The molecule has 0 saturated carbocycles. The molecule has 0 heterocycles. The van der Waals surface area contributed by atoms with E-state index in [1.807, 2.05) is 24.3 Å². The molecule has 2 rings (SSSR count). The van der Waals surface area contributed by atoms with Gasteiger partial charge in [0.15, 0.2) is 0 Å². The number of carbonyl (C=O) groups is 1. The highest BCUT2D eigenvalue weighted by Gasteiger charge is 2.09. The molecule has 0 saturated heterocycles. The molecule has 0 radical (unpaired) electrons. The molecule has 2 aromatic carbocycles. The molecule has 326 valence electrons. The van der Waals surface area contributed by atoms with Gasteiger partial charge in [-0.25, -0.2) is 4.79 Å². The molecule has 0 aromatic heterocycles. The zero-order valence-corrected chi connectivity index (χ0v) is 33.3. The Labute approximate surface area is 340 Å². The molecule has 18 heteroatoms. The summed E-state index contributed by atoms with van der Waals surface area (Å²) in [6.45, 7) is 10.7. The van der Waals surface area contributed by atoms with Gasteiger partial charge in [-0.1, -0.05) is 18.1 Å². The maximum absolute atomic E-state index is 11.6. The van der Waals surface area contributed by atoms with Crippen molar-refractivity contribution in [1.29, 1.82) is 0 Å². The Bertz CT molecular complexity index is 1330. The fourth-order valence-electron chi connectivity index (χ4n) is 4.31.